The highest BCUT2D eigenvalue weighted by Gasteiger charge is 2.12. The zero-order valence-corrected chi connectivity index (χ0v) is 60.2. The second kappa shape index (κ2) is 64.3. The van der Waals surface area contributed by atoms with Gasteiger partial charge in [-0.05, 0) is 98.7 Å². The molecule has 0 fully saturated rings. The molecule has 5 aromatic rings. The Morgan fingerprint density at radius 3 is 0.775 bits per heavy atom. The van der Waals surface area contributed by atoms with E-state index in [4.69, 9.17) is 0 Å². The molecule has 0 aromatic heterocycles. The van der Waals surface area contributed by atoms with Gasteiger partial charge < -0.3 is 0 Å². The van der Waals surface area contributed by atoms with Gasteiger partial charge in [0.25, 0.3) is 0 Å². The van der Waals surface area contributed by atoms with E-state index in [1.807, 2.05) is 32.0 Å². The SMILES string of the molecule is C.CC.CC(C)(C)C.CC(C)C.CCC.CCC(C)(C)C.CCC(C)C.CCCC.CCCCC.CCc1ccc(C)cc1.Cc1ccc(C(C)(C)C)cc1.Cc1ccc(C(C)C)cc1.Cc1ccc(C)cc1.Cc1ccccc1. The largest absolute Gasteiger partial charge is 0.0776 e. The van der Waals surface area contributed by atoms with Crippen molar-refractivity contribution in [3.8, 4) is 0 Å². The summed E-state index contributed by atoms with van der Waals surface area (Å²) in [7, 11) is 0. The van der Waals surface area contributed by atoms with Crippen LogP contribution in [-0.2, 0) is 11.8 Å². The third-order valence-electron chi connectivity index (χ3n) is 10.4. The summed E-state index contributed by atoms with van der Waals surface area (Å²) in [6.45, 7) is 73.8. The van der Waals surface area contributed by atoms with E-state index >= 15 is 0 Å². The number of benzene rings is 5. The number of rotatable bonds is 6. The van der Waals surface area contributed by atoms with E-state index < -0.39 is 0 Å². The maximum atomic E-state index is 2.24. The lowest BCUT2D eigenvalue weighted by atomic mass is 9.87. The Balaban J connectivity index is -0.0000000995. The average molecular weight is 1110 g/mol. The van der Waals surface area contributed by atoms with Crippen LogP contribution in [0, 0.1) is 64.2 Å². The zero-order chi connectivity index (χ0) is 63.6. The summed E-state index contributed by atoms with van der Waals surface area (Å²) < 4.78 is 0. The first kappa shape index (κ1) is 95.3. The minimum Gasteiger partial charge on any atom is -0.0776 e. The molecule has 0 bridgehead atoms. The van der Waals surface area contributed by atoms with Gasteiger partial charge in [0.1, 0.15) is 0 Å². The number of aryl methyl sites for hydroxylation is 7. The van der Waals surface area contributed by atoms with Crippen molar-refractivity contribution >= 4 is 0 Å². The molecule has 0 saturated heterocycles. The van der Waals surface area contributed by atoms with Gasteiger partial charge in [-0.2, -0.15) is 0 Å². The van der Waals surface area contributed by atoms with Gasteiger partial charge >= 0.3 is 0 Å². The van der Waals surface area contributed by atoms with E-state index in [0.29, 0.717) is 16.7 Å². The Bertz CT molecular complexity index is 1800. The van der Waals surface area contributed by atoms with Crippen LogP contribution in [-0.4, -0.2) is 0 Å². The molecular weight excluding hydrogens is 961 g/mol. The molecule has 468 valence electrons. The molecule has 0 radical (unpaired) electrons. The summed E-state index contributed by atoms with van der Waals surface area (Å²) in [5.74, 6) is 2.37. The molecule has 0 heterocycles. The first-order valence-corrected chi connectivity index (χ1v) is 31.8. The van der Waals surface area contributed by atoms with E-state index in [-0.39, 0.29) is 12.8 Å². The Morgan fingerprint density at radius 2 is 0.613 bits per heavy atom. The van der Waals surface area contributed by atoms with Crippen LogP contribution in [0.2, 0.25) is 0 Å². The van der Waals surface area contributed by atoms with Crippen LogP contribution in [0.15, 0.2) is 127 Å². The molecule has 80 heavy (non-hydrogen) atoms. The second-order valence-electron chi connectivity index (χ2n) is 25.8. The molecule has 0 N–H and O–H groups in total. The molecule has 0 amide bonds. The quantitative estimate of drug-likeness (QED) is 0.159. The highest BCUT2D eigenvalue weighted by Crippen LogP contribution is 2.22. The van der Waals surface area contributed by atoms with Crippen LogP contribution in [0.5, 0.6) is 0 Å². The molecule has 5 rings (SSSR count). The first-order chi connectivity index (χ1) is 36.5. The Hall–Kier alpha value is -3.90. The Kier molecular flexibility index (Phi) is 76.6. The Labute approximate surface area is 509 Å². The van der Waals surface area contributed by atoms with E-state index in [9.17, 15) is 0 Å². The Morgan fingerprint density at radius 1 is 0.375 bits per heavy atom. The molecule has 0 aliphatic carbocycles. The molecule has 0 aliphatic heterocycles. The summed E-state index contributed by atoms with van der Waals surface area (Å²) in [6, 6.07) is 44.9. The first-order valence-electron chi connectivity index (χ1n) is 31.8. The number of hydrogen-bond donors (Lipinski definition) is 0. The maximum Gasteiger partial charge on any atom is -0.0132 e. The summed E-state index contributed by atoms with van der Waals surface area (Å²) in [5.41, 5.74) is 13.6. The van der Waals surface area contributed by atoms with Crippen LogP contribution in [0.4, 0.5) is 0 Å². The summed E-state index contributed by atoms with van der Waals surface area (Å²) in [6.07, 6.45) is 11.7. The monoisotopic (exact) mass is 1110 g/mol. The van der Waals surface area contributed by atoms with Gasteiger partial charge in [-0.3, -0.25) is 0 Å². The van der Waals surface area contributed by atoms with E-state index in [0.717, 1.165) is 18.3 Å². The van der Waals surface area contributed by atoms with Gasteiger partial charge in [-0.1, -0.05) is 413 Å². The lowest BCUT2D eigenvalue weighted by molar-refractivity contribution is 0.398. The van der Waals surface area contributed by atoms with Crippen molar-refractivity contribution in [1.82, 2.24) is 0 Å². The van der Waals surface area contributed by atoms with Crippen molar-refractivity contribution < 1.29 is 0 Å². The van der Waals surface area contributed by atoms with Crippen LogP contribution < -0.4 is 0 Å². The topological polar surface area (TPSA) is 0 Å². The number of unbranched alkanes of at least 4 members (excludes halogenated alkanes) is 3. The normalized spacial score (nSPS) is 9.56. The van der Waals surface area contributed by atoms with Crippen molar-refractivity contribution in [2.24, 2.45) is 22.7 Å². The highest BCUT2D eigenvalue weighted by atomic mass is 14.2. The van der Waals surface area contributed by atoms with Crippen molar-refractivity contribution in [3.05, 3.63) is 177 Å². The zero-order valence-electron chi connectivity index (χ0n) is 60.2. The smallest absolute Gasteiger partial charge is 0.0132 e. The molecule has 0 saturated carbocycles. The summed E-state index contributed by atoms with van der Waals surface area (Å²) in [5, 5.41) is 0. The van der Waals surface area contributed by atoms with Gasteiger partial charge in [0.15, 0.2) is 0 Å². The lowest BCUT2D eigenvalue weighted by Crippen LogP contribution is -2.10. The predicted molar refractivity (Wildman–Crippen MR) is 383 cm³/mol. The van der Waals surface area contributed by atoms with Crippen LogP contribution in [0.25, 0.3) is 0 Å². The molecule has 5 aromatic carbocycles. The number of hydrogen-bond acceptors (Lipinski definition) is 0. The second-order valence-corrected chi connectivity index (χ2v) is 25.8. The van der Waals surface area contributed by atoms with Crippen molar-refractivity contribution in [2.75, 3.05) is 0 Å². The average Bonchev–Trinajstić information content (AvgIpc) is 3.37. The molecular formula is C80H148. The van der Waals surface area contributed by atoms with Crippen LogP contribution >= 0.6 is 0 Å². The molecule has 0 heteroatoms. The lowest BCUT2D eigenvalue weighted by Gasteiger charge is -2.18. The highest BCUT2D eigenvalue weighted by molar-refractivity contribution is 5.27. The van der Waals surface area contributed by atoms with Gasteiger partial charge in [-0.15, -0.1) is 0 Å². The fraction of sp³-hybridized carbons (Fsp3) is 0.625. The van der Waals surface area contributed by atoms with Crippen molar-refractivity contribution in [1.29, 1.82) is 0 Å². The molecule has 0 unspecified atom stereocenters. The van der Waals surface area contributed by atoms with E-state index in [2.05, 4.69) is 331 Å². The van der Waals surface area contributed by atoms with E-state index in [1.54, 1.807) is 0 Å². The summed E-state index contributed by atoms with van der Waals surface area (Å²) in [4.78, 5) is 0. The minimum atomic E-state index is 0. The summed E-state index contributed by atoms with van der Waals surface area (Å²) >= 11 is 0. The molecule has 0 nitrogen and oxygen atoms in total. The third-order valence-corrected chi connectivity index (χ3v) is 10.4. The minimum absolute atomic E-state index is 0. The van der Waals surface area contributed by atoms with Crippen LogP contribution in [0.3, 0.4) is 0 Å². The fourth-order valence-electron chi connectivity index (χ4n) is 4.35. The fourth-order valence-corrected chi connectivity index (χ4v) is 4.35. The van der Waals surface area contributed by atoms with Gasteiger partial charge in [0, 0.05) is 0 Å². The third kappa shape index (κ3) is 96.4. The van der Waals surface area contributed by atoms with E-state index in [1.165, 1.54) is 101 Å². The van der Waals surface area contributed by atoms with Gasteiger partial charge in [-0.25, -0.2) is 0 Å². The van der Waals surface area contributed by atoms with Crippen molar-refractivity contribution in [2.45, 2.75) is 312 Å². The maximum absolute atomic E-state index is 2.24. The molecule has 0 aliphatic rings. The predicted octanol–water partition coefficient (Wildman–Crippen LogP) is 28.6. The molecule has 0 atom stereocenters. The van der Waals surface area contributed by atoms with Gasteiger partial charge in [0.05, 0.1) is 0 Å². The van der Waals surface area contributed by atoms with Crippen molar-refractivity contribution in [3.63, 3.8) is 0 Å². The standard InChI is InChI=1S/C11H16.C10H14.C9H12.C8H10.C7H8.C6H14.3C5H12.2C4H10.C3H8.C2H6.CH4/c1-9-5-7-10(8-6-9)11(2,3)4;1-8(2)10-6-4-9(3)5-7-10;1-3-9-6-4-8(2)5-7-9;1-7-3-5-8(2)6-4-7;1-7-5-3-2-4-6-7;1-5-6(2,3)4;1-5(2,3)4;1-4-5(2)3;1-3-5-4-2;1-4(2)3;1-3-4-2;1-3-2;1-2;/h5-8H,1-4H3;4-8H,1-3H3;4-7H,3H2,1-2H3;3-6H,1-2H3;2-6H,1H3;5H2,1-4H3;1-4H3;5H,4H2,1-3H3;3-5H2,1-2H3;4H,1-3H3;3-4H2,1-2H3;3H2,1-2H3;1-2H3;1H4. The molecule has 0 spiro atoms. The van der Waals surface area contributed by atoms with Crippen LogP contribution in [0.1, 0.15) is 309 Å². The van der Waals surface area contributed by atoms with Gasteiger partial charge in [0.2, 0.25) is 0 Å².